The number of benzene rings is 1. The predicted molar refractivity (Wildman–Crippen MR) is 110 cm³/mol. The van der Waals surface area contributed by atoms with Gasteiger partial charge in [0.15, 0.2) is 0 Å². The number of ether oxygens (including phenoxy) is 2. The number of esters is 1. The molecule has 0 aliphatic carbocycles. The highest BCUT2D eigenvalue weighted by Crippen LogP contribution is 2.34. The number of carbonyl (C=O) groups excluding carboxylic acids is 2. The molecule has 9 heteroatoms. The van der Waals surface area contributed by atoms with Gasteiger partial charge < -0.3 is 20.1 Å². The molecule has 2 rings (SSSR count). The van der Waals surface area contributed by atoms with Crippen LogP contribution in [0.2, 0.25) is 10.0 Å². The Morgan fingerprint density at radius 3 is 2.32 bits per heavy atom. The lowest BCUT2D eigenvalue weighted by Gasteiger charge is -2.35. The highest BCUT2D eigenvalue weighted by Gasteiger charge is 2.27. The van der Waals surface area contributed by atoms with Crippen molar-refractivity contribution in [1.82, 2.24) is 9.80 Å². The van der Waals surface area contributed by atoms with Gasteiger partial charge in [-0.15, -0.1) is 0 Å². The van der Waals surface area contributed by atoms with Crippen LogP contribution in [0.25, 0.3) is 0 Å². The van der Waals surface area contributed by atoms with Gasteiger partial charge >= 0.3 is 12.1 Å². The molecule has 1 aliphatic heterocycles. The van der Waals surface area contributed by atoms with Crippen molar-refractivity contribution < 1.29 is 19.1 Å². The van der Waals surface area contributed by atoms with Gasteiger partial charge in [-0.2, -0.15) is 0 Å². The smallest absolute Gasteiger partial charge is 0.410 e. The number of nitrogens with two attached hydrogens (primary N) is 1. The number of halogens is 2. The Labute approximate surface area is 175 Å². The van der Waals surface area contributed by atoms with Gasteiger partial charge in [0.25, 0.3) is 0 Å². The number of hydrogen-bond donors (Lipinski definition) is 1. The van der Waals surface area contributed by atoms with Crippen molar-refractivity contribution in [3.8, 4) is 0 Å². The zero-order valence-corrected chi connectivity index (χ0v) is 18.2. The van der Waals surface area contributed by atoms with Gasteiger partial charge in [-0.3, -0.25) is 4.90 Å². The van der Waals surface area contributed by atoms with Crippen molar-refractivity contribution in [3.63, 3.8) is 0 Å². The summed E-state index contributed by atoms with van der Waals surface area (Å²) in [5.41, 5.74) is 6.48. The molecule has 7 nitrogen and oxygen atoms in total. The van der Waals surface area contributed by atoms with Gasteiger partial charge in [0.2, 0.25) is 0 Å². The lowest BCUT2D eigenvalue weighted by atomic mass is 10.1. The first-order valence-electron chi connectivity index (χ1n) is 9.17. The van der Waals surface area contributed by atoms with Crippen LogP contribution in [0.15, 0.2) is 6.07 Å². The number of nitrogen functional groups attached to an aromatic ring is 1. The standard InChI is InChI=1S/C19H27Cl2N3O4/c1-5-27-17(25)12-10-14(20)13(15(21)16(12)22)11-23-6-8-24(9-7-23)18(26)28-19(2,3)4/h10H,5-9,11,22H2,1-4H3. The van der Waals surface area contributed by atoms with E-state index in [0.717, 1.165) is 0 Å². The Bertz CT molecular complexity index is 742. The predicted octanol–water partition coefficient (Wildman–Crippen LogP) is 3.81. The number of rotatable bonds is 4. The molecular weight excluding hydrogens is 405 g/mol. The number of piperazine rings is 1. The molecule has 1 saturated heterocycles. The maximum absolute atomic E-state index is 12.2. The molecule has 1 heterocycles. The van der Waals surface area contributed by atoms with Crippen molar-refractivity contribution in [2.75, 3.05) is 38.5 Å². The Balaban J connectivity index is 2.04. The molecule has 1 aromatic carbocycles. The fraction of sp³-hybridized carbons (Fsp3) is 0.579. The molecule has 1 fully saturated rings. The normalized spacial score (nSPS) is 15.4. The summed E-state index contributed by atoms with van der Waals surface area (Å²) in [7, 11) is 0. The molecule has 2 N–H and O–H groups in total. The number of hydrogen-bond acceptors (Lipinski definition) is 6. The van der Waals surface area contributed by atoms with Crippen molar-refractivity contribution in [2.24, 2.45) is 0 Å². The molecule has 1 amide bonds. The second kappa shape index (κ2) is 9.20. The van der Waals surface area contributed by atoms with E-state index in [2.05, 4.69) is 4.90 Å². The van der Waals surface area contributed by atoms with E-state index in [1.807, 2.05) is 20.8 Å². The van der Waals surface area contributed by atoms with Crippen LogP contribution >= 0.6 is 23.2 Å². The maximum atomic E-state index is 12.2. The second-order valence-corrected chi connectivity index (χ2v) is 8.36. The van der Waals surface area contributed by atoms with Gasteiger partial charge in [0.1, 0.15) is 5.60 Å². The van der Waals surface area contributed by atoms with Crippen molar-refractivity contribution >= 4 is 41.0 Å². The van der Waals surface area contributed by atoms with Crippen molar-refractivity contribution in [2.45, 2.75) is 39.8 Å². The van der Waals surface area contributed by atoms with Crippen LogP contribution in [0.1, 0.15) is 43.6 Å². The lowest BCUT2D eigenvalue weighted by Crippen LogP contribution is -2.49. The van der Waals surface area contributed by atoms with E-state index in [-0.39, 0.29) is 29.0 Å². The van der Waals surface area contributed by atoms with Crippen LogP contribution in [-0.2, 0) is 16.0 Å². The Morgan fingerprint density at radius 1 is 1.18 bits per heavy atom. The molecule has 0 saturated carbocycles. The molecule has 0 unspecified atom stereocenters. The van der Waals surface area contributed by atoms with Gasteiger partial charge in [-0.05, 0) is 33.8 Å². The average Bonchev–Trinajstić information content (AvgIpc) is 2.61. The zero-order chi connectivity index (χ0) is 21.1. The minimum absolute atomic E-state index is 0.159. The topological polar surface area (TPSA) is 85.1 Å². The largest absolute Gasteiger partial charge is 0.462 e. The molecule has 1 aromatic rings. The summed E-state index contributed by atoms with van der Waals surface area (Å²) in [6.45, 7) is 10.3. The van der Waals surface area contributed by atoms with E-state index >= 15 is 0 Å². The molecule has 0 spiro atoms. The van der Waals surface area contributed by atoms with Crippen molar-refractivity contribution in [1.29, 1.82) is 0 Å². The molecule has 0 bridgehead atoms. The van der Waals surface area contributed by atoms with Crippen LogP contribution in [-0.4, -0.2) is 60.2 Å². The first kappa shape index (κ1) is 22.6. The van der Waals surface area contributed by atoms with Gasteiger partial charge in [0, 0.05) is 43.3 Å². The van der Waals surface area contributed by atoms with Crippen LogP contribution < -0.4 is 5.73 Å². The first-order chi connectivity index (χ1) is 13.0. The molecular formula is C19H27Cl2N3O4. The summed E-state index contributed by atoms with van der Waals surface area (Å²) < 4.78 is 10.4. The molecule has 28 heavy (non-hydrogen) atoms. The number of anilines is 1. The molecule has 0 radical (unpaired) electrons. The van der Waals surface area contributed by atoms with E-state index in [1.54, 1.807) is 11.8 Å². The SMILES string of the molecule is CCOC(=O)c1cc(Cl)c(CN2CCN(C(=O)OC(C)(C)C)CC2)c(Cl)c1N. The van der Waals surface area contributed by atoms with E-state index < -0.39 is 11.6 Å². The molecule has 156 valence electrons. The van der Waals surface area contributed by atoms with Crippen molar-refractivity contribution in [3.05, 3.63) is 27.2 Å². The molecule has 0 atom stereocenters. The third kappa shape index (κ3) is 5.65. The number of amides is 1. The molecule has 0 aromatic heterocycles. The van der Waals surface area contributed by atoms with Crippen LogP contribution in [0.3, 0.4) is 0 Å². The minimum Gasteiger partial charge on any atom is -0.462 e. The zero-order valence-electron chi connectivity index (χ0n) is 16.7. The monoisotopic (exact) mass is 431 g/mol. The highest BCUT2D eigenvalue weighted by atomic mass is 35.5. The summed E-state index contributed by atoms with van der Waals surface area (Å²) in [5.74, 6) is -0.554. The summed E-state index contributed by atoms with van der Waals surface area (Å²) in [5, 5.41) is 0.613. The average molecular weight is 432 g/mol. The Morgan fingerprint density at radius 2 is 1.79 bits per heavy atom. The molecule has 1 aliphatic rings. The van der Waals surface area contributed by atoms with Crippen LogP contribution in [0.5, 0.6) is 0 Å². The third-order valence-corrected chi connectivity index (χ3v) is 5.02. The highest BCUT2D eigenvalue weighted by molar-refractivity contribution is 6.38. The Kier molecular flexibility index (Phi) is 7.42. The van der Waals surface area contributed by atoms with Gasteiger partial charge in [-0.1, -0.05) is 23.2 Å². The minimum atomic E-state index is -0.554. The summed E-state index contributed by atoms with van der Waals surface area (Å²) in [6.07, 6.45) is -0.314. The first-order valence-corrected chi connectivity index (χ1v) is 9.92. The van der Waals surface area contributed by atoms with Crippen LogP contribution in [0.4, 0.5) is 10.5 Å². The fourth-order valence-electron chi connectivity index (χ4n) is 2.84. The van der Waals surface area contributed by atoms with E-state index in [9.17, 15) is 9.59 Å². The van der Waals surface area contributed by atoms with Gasteiger partial charge in [0.05, 0.1) is 22.9 Å². The van der Waals surface area contributed by atoms with Gasteiger partial charge in [-0.25, -0.2) is 9.59 Å². The Hall–Kier alpha value is -1.70. The second-order valence-electron chi connectivity index (χ2n) is 7.58. The quantitative estimate of drug-likeness (QED) is 0.576. The summed E-state index contributed by atoms with van der Waals surface area (Å²) >= 11 is 12.8. The van der Waals surface area contributed by atoms with E-state index in [4.69, 9.17) is 38.4 Å². The number of carbonyl (C=O) groups is 2. The van der Waals surface area contributed by atoms with E-state index in [0.29, 0.717) is 43.3 Å². The van der Waals surface area contributed by atoms with E-state index in [1.165, 1.54) is 6.07 Å². The van der Waals surface area contributed by atoms with Crippen LogP contribution in [0, 0.1) is 0 Å². The summed E-state index contributed by atoms with van der Waals surface area (Å²) in [4.78, 5) is 28.0. The lowest BCUT2D eigenvalue weighted by molar-refractivity contribution is 0.0139. The maximum Gasteiger partial charge on any atom is 0.410 e. The summed E-state index contributed by atoms with van der Waals surface area (Å²) in [6, 6.07) is 1.49. The number of nitrogens with zero attached hydrogens (tertiary/aromatic N) is 2. The third-order valence-electron chi connectivity index (χ3n) is 4.25. The fourth-order valence-corrected chi connectivity index (χ4v) is 3.41.